The summed E-state index contributed by atoms with van der Waals surface area (Å²) in [5.74, 6) is -1.31. The average molecular weight is 391 g/mol. The first-order chi connectivity index (χ1) is 14.1. The van der Waals surface area contributed by atoms with Gasteiger partial charge in [-0.25, -0.2) is 4.79 Å². The monoisotopic (exact) mass is 391 g/mol. The molecule has 2 atom stereocenters. The van der Waals surface area contributed by atoms with Crippen molar-refractivity contribution < 1.29 is 14.7 Å². The summed E-state index contributed by atoms with van der Waals surface area (Å²) in [6, 6.07) is 18.1. The zero-order valence-corrected chi connectivity index (χ0v) is 16.2. The minimum absolute atomic E-state index is 0.00337. The SMILES string of the molecule is O=C(O)C1CCCN(C(=O)NCC(c2ccccc2)c2c[nH]c3ccccc23)C1. The minimum atomic E-state index is -0.830. The predicted molar refractivity (Wildman–Crippen MR) is 112 cm³/mol. The molecule has 2 aromatic carbocycles. The van der Waals surface area contributed by atoms with Gasteiger partial charge in [0, 0.05) is 42.7 Å². The molecule has 1 aromatic heterocycles. The maximum absolute atomic E-state index is 12.7. The van der Waals surface area contributed by atoms with E-state index in [0.717, 1.165) is 28.5 Å². The van der Waals surface area contributed by atoms with Crippen molar-refractivity contribution in [1.82, 2.24) is 15.2 Å². The highest BCUT2D eigenvalue weighted by atomic mass is 16.4. The number of hydrogen-bond acceptors (Lipinski definition) is 2. The fraction of sp³-hybridized carbons (Fsp3) is 0.304. The Morgan fingerprint density at radius 2 is 1.90 bits per heavy atom. The van der Waals surface area contributed by atoms with Crippen molar-refractivity contribution in [3.63, 3.8) is 0 Å². The van der Waals surface area contributed by atoms with Crippen LogP contribution in [-0.2, 0) is 4.79 Å². The Morgan fingerprint density at radius 1 is 1.14 bits per heavy atom. The Labute approximate surface area is 169 Å². The van der Waals surface area contributed by atoms with Crippen LogP contribution in [0.1, 0.15) is 29.9 Å². The molecule has 6 nitrogen and oxygen atoms in total. The van der Waals surface area contributed by atoms with Crippen LogP contribution in [0.25, 0.3) is 10.9 Å². The van der Waals surface area contributed by atoms with Gasteiger partial charge in [0.15, 0.2) is 0 Å². The van der Waals surface area contributed by atoms with Crippen LogP contribution in [0.4, 0.5) is 4.79 Å². The molecule has 1 aliphatic heterocycles. The molecule has 2 heterocycles. The van der Waals surface area contributed by atoms with E-state index in [9.17, 15) is 14.7 Å². The average Bonchev–Trinajstić information content (AvgIpc) is 3.18. The van der Waals surface area contributed by atoms with Crippen LogP contribution in [0.15, 0.2) is 60.8 Å². The number of rotatable bonds is 5. The molecule has 3 N–H and O–H groups in total. The number of H-pyrrole nitrogens is 1. The Kier molecular flexibility index (Phi) is 5.51. The van der Waals surface area contributed by atoms with E-state index in [4.69, 9.17) is 0 Å². The molecular weight excluding hydrogens is 366 g/mol. The van der Waals surface area contributed by atoms with Crippen LogP contribution in [0, 0.1) is 5.92 Å². The summed E-state index contributed by atoms with van der Waals surface area (Å²) in [7, 11) is 0. The quantitative estimate of drug-likeness (QED) is 0.618. The Balaban J connectivity index is 1.54. The molecule has 1 fully saturated rings. The van der Waals surface area contributed by atoms with Crippen LogP contribution in [0.3, 0.4) is 0 Å². The van der Waals surface area contributed by atoms with E-state index < -0.39 is 11.9 Å². The van der Waals surface area contributed by atoms with Crippen molar-refractivity contribution in [1.29, 1.82) is 0 Å². The fourth-order valence-corrected chi connectivity index (χ4v) is 4.14. The lowest BCUT2D eigenvalue weighted by Gasteiger charge is -2.31. The second-order valence-corrected chi connectivity index (χ2v) is 7.56. The number of likely N-dealkylation sites (tertiary alicyclic amines) is 1. The van der Waals surface area contributed by atoms with E-state index in [2.05, 4.69) is 28.5 Å². The molecule has 0 spiro atoms. The first-order valence-corrected chi connectivity index (χ1v) is 10.00. The number of carbonyl (C=O) groups is 2. The molecule has 0 aliphatic carbocycles. The van der Waals surface area contributed by atoms with Gasteiger partial charge in [0.1, 0.15) is 0 Å². The molecule has 3 aromatic rings. The van der Waals surface area contributed by atoms with Gasteiger partial charge >= 0.3 is 12.0 Å². The van der Waals surface area contributed by atoms with Gasteiger partial charge in [-0.05, 0) is 30.0 Å². The number of para-hydroxylation sites is 1. The van der Waals surface area contributed by atoms with Gasteiger partial charge in [-0.15, -0.1) is 0 Å². The number of carboxylic acids is 1. The van der Waals surface area contributed by atoms with Crippen LogP contribution < -0.4 is 5.32 Å². The second kappa shape index (κ2) is 8.39. The summed E-state index contributed by atoms with van der Waals surface area (Å²) in [6.07, 6.45) is 3.35. The third-order valence-corrected chi connectivity index (χ3v) is 5.71. The maximum atomic E-state index is 12.7. The summed E-state index contributed by atoms with van der Waals surface area (Å²) in [5, 5.41) is 13.5. The molecule has 2 unspecified atom stereocenters. The Morgan fingerprint density at radius 3 is 2.69 bits per heavy atom. The molecule has 1 aliphatic rings. The molecule has 0 radical (unpaired) electrons. The number of urea groups is 1. The number of piperidine rings is 1. The van der Waals surface area contributed by atoms with Crippen molar-refractivity contribution in [2.24, 2.45) is 5.92 Å². The molecular formula is C23H25N3O3. The van der Waals surface area contributed by atoms with Crippen molar-refractivity contribution in [3.8, 4) is 0 Å². The number of benzene rings is 2. The van der Waals surface area contributed by atoms with E-state index in [0.29, 0.717) is 19.5 Å². The van der Waals surface area contributed by atoms with E-state index in [1.54, 1.807) is 4.90 Å². The number of carboxylic acid groups (broad SMARTS) is 1. The first-order valence-electron chi connectivity index (χ1n) is 10.00. The lowest BCUT2D eigenvalue weighted by Crippen LogP contribution is -2.47. The van der Waals surface area contributed by atoms with Gasteiger partial charge in [-0.1, -0.05) is 48.5 Å². The van der Waals surface area contributed by atoms with Crippen LogP contribution in [0.5, 0.6) is 0 Å². The van der Waals surface area contributed by atoms with E-state index >= 15 is 0 Å². The standard InChI is InChI=1S/C23H25N3O3/c27-22(28)17-9-6-12-26(15-17)23(29)25-13-19(16-7-2-1-3-8-16)20-14-24-21-11-5-4-10-18(20)21/h1-5,7-8,10-11,14,17,19,24H,6,9,12-13,15H2,(H,25,29)(H,27,28). The number of aromatic nitrogens is 1. The molecule has 6 heteroatoms. The number of nitrogens with zero attached hydrogens (tertiary/aromatic N) is 1. The molecule has 1 saturated heterocycles. The molecule has 0 bridgehead atoms. The second-order valence-electron chi connectivity index (χ2n) is 7.56. The van der Waals surface area contributed by atoms with Crippen molar-refractivity contribution >= 4 is 22.9 Å². The zero-order valence-electron chi connectivity index (χ0n) is 16.2. The van der Waals surface area contributed by atoms with Crippen molar-refractivity contribution in [2.75, 3.05) is 19.6 Å². The van der Waals surface area contributed by atoms with Gasteiger partial charge in [0.2, 0.25) is 0 Å². The number of nitrogens with one attached hydrogen (secondary N) is 2. The van der Waals surface area contributed by atoms with E-state index in [1.165, 1.54) is 0 Å². The number of carbonyl (C=O) groups excluding carboxylic acids is 1. The molecule has 150 valence electrons. The van der Waals surface area contributed by atoms with E-state index in [1.807, 2.05) is 42.6 Å². The normalized spacial score (nSPS) is 17.8. The molecule has 4 rings (SSSR count). The van der Waals surface area contributed by atoms with Crippen LogP contribution >= 0.6 is 0 Å². The summed E-state index contributed by atoms with van der Waals surface area (Å²) in [4.78, 5) is 29.0. The first kappa shape index (κ1) is 19.1. The number of aromatic amines is 1. The van der Waals surface area contributed by atoms with Gasteiger partial charge in [-0.2, -0.15) is 0 Å². The molecule has 29 heavy (non-hydrogen) atoms. The third-order valence-electron chi connectivity index (χ3n) is 5.71. The molecule has 0 saturated carbocycles. The van der Waals surface area contributed by atoms with E-state index in [-0.39, 0.29) is 18.5 Å². The van der Waals surface area contributed by atoms with Gasteiger partial charge in [-0.3, -0.25) is 4.79 Å². The number of fused-ring (bicyclic) bond motifs is 1. The highest BCUT2D eigenvalue weighted by molar-refractivity contribution is 5.84. The summed E-state index contributed by atoms with van der Waals surface area (Å²) in [5.41, 5.74) is 3.32. The lowest BCUT2D eigenvalue weighted by atomic mass is 9.91. The van der Waals surface area contributed by atoms with Crippen molar-refractivity contribution in [2.45, 2.75) is 18.8 Å². The van der Waals surface area contributed by atoms with Gasteiger partial charge in [0.05, 0.1) is 5.92 Å². The topological polar surface area (TPSA) is 85.4 Å². The summed E-state index contributed by atoms with van der Waals surface area (Å²) in [6.45, 7) is 1.31. The number of hydrogen-bond donors (Lipinski definition) is 3. The van der Waals surface area contributed by atoms with Crippen LogP contribution in [-0.4, -0.2) is 46.6 Å². The molecule has 2 amide bonds. The Hall–Kier alpha value is -3.28. The predicted octanol–water partition coefficient (Wildman–Crippen LogP) is 3.81. The highest BCUT2D eigenvalue weighted by Crippen LogP contribution is 2.30. The van der Waals surface area contributed by atoms with Crippen molar-refractivity contribution in [3.05, 3.63) is 71.9 Å². The summed E-state index contributed by atoms with van der Waals surface area (Å²) < 4.78 is 0. The third kappa shape index (κ3) is 4.11. The zero-order chi connectivity index (χ0) is 20.2. The van der Waals surface area contributed by atoms with Gasteiger partial charge < -0.3 is 20.3 Å². The lowest BCUT2D eigenvalue weighted by molar-refractivity contribution is -0.143. The fourth-order valence-electron chi connectivity index (χ4n) is 4.14. The number of amides is 2. The Bertz CT molecular complexity index is 999. The van der Waals surface area contributed by atoms with Gasteiger partial charge in [0.25, 0.3) is 0 Å². The largest absolute Gasteiger partial charge is 0.481 e. The minimum Gasteiger partial charge on any atom is -0.481 e. The summed E-state index contributed by atoms with van der Waals surface area (Å²) >= 11 is 0. The number of aliphatic carboxylic acids is 1. The maximum Gasteiger partial charge on any atom is 0.317 e. The highest BCUT2D eigenvalue weighted by Gasteiger charge is 2.28. The smallest absolute Gasteiger partial charge is 0.317 e. The van der Waals surface area contributed by atoms with Crippen LogP contribution in [0.2, 0.25) is 0 Å².